The Balaban J connectivity index is 2.00. The van der Waals surface area contributed by atoms with Crippen LogP contribution in [0.15, 0.2) is 10.5 Å². The van der Waals surface area contributed by atoms with E-state index in [1.165, 1.54) is 12.5 Å². The van der Waals surface area contributed by atoms with Crippen molar-refractivity contribution in [3.05, 3.63) is 11.1 Å². The zero-order valence-electron chi connectivity index (χ0n) is 11.5. The van der Waals surface area contributed by atoms with E-state index < -0.39 is 30.4 Å². The number of nitrogens with two attached hydrogens (primary N) is 1. The number of aromatic nitrogens is 1. The summed E-state index contributed by atoms with van der Waals surface area (Å²) < 4.78 is 0. The van der Waals surface area contributed by atoms with Crippen LogP contribution in [0.2, 0.25) is 0 Å². The summed E-state index contributed by atoms with van der Waals surface area (Å²) in [7, 11) is 1.27. The smallest absolute Gasteiger partial charge is 0.323 e. The van der Waals surface area contributed by atoms with Gasteiger partial charge < -0.3 is 25.9 Å². The van der Waals surface area contributed by atoms with Gasteiger partial charge in [-0.05, 0) is 0 Å². The highest BCUT2D eigenvalue weighted by Crippen LogP contribution is 2.14. The molecule has 10 nitrogen and oxygen atoms in total. The number of hydrogen-bond donors (Lipinski definition) is 3. The molecule has 1 atom stereocenters. The van der Waals surface area contributed by atoms with Crippen molar-refractivity contribution in [1.29, 1.82) is 0 Å². The molecule has 1 unspecified atom stereocenters. The molecule has 0 bridgehead atoms. The number of aliphatic carboxylic acids is 1. The van der Waals surface area contributed by atoms with Crippen LogP contribution < -0.4 is 11.1 Å². The summed E-state index contributed by atoms with van der Waals surface area (Å²) >= 11 is 1.13. The highest BCUT2D eigenvalue weighted by Gasteiger charge is 2.39. The molecule has 4 N–H and O–H groups in total. The molecular formula is C11H13N5O5S. The second-order valence-electron chi connectivity index (χ2n) is 4.33. The molecule has 1 aliphatic heterocycles. The third-order valence-corrected chi connectivity index (χ3v) is 3.48. The first kappa shape index (κ1) is 15.7. The van der Waals surface area contributed by atoms with E-state index in [9.17, 15) is 14.4 Å². The number of carbonyl (C=O) groups is 3. The zero-order chi connectivity index (χ0) is 16.3. The van der Waals surface area contributed by atoms with Gasteiger partial charge >= 0.3 is 5.97 Å². The van der Waals surface area contributed by atoms with Crippen LogP contribution >= 0.6 is 11.3 Å². The number of hydrogen-bond acceptors (Lipinski definition) is 8. The lowest BCUT2D eigenvalue weighted by atomic mass is 10.1. The van der Waals surface area contributed by atoms with Gasteiger partial charge in [-0.1, -0.05) is 5.16 Å². The van der Waals surface area contributed by atoms with Crippen LogP contribution in [0.5, 0.6) is 0 Å². The fourth-order valence-electron chi connectivity index (χ4n) is 1.83. The van der Waals surface area contributed by atoms with Crippen molar-refractivity contribution in [1.82, 2.24) is 15.2 Å². The number of nitrogens with zero attached hydrogens (tertiary/aromatic N) is 3. The van der Waals surface area contributed by atoms with Gasteiger partial charge in [-0.25, -0.2) is 4.98 Å². The standard InChI is InChI=1S/C11H13N5O5S/c1-21-15-8(6-4-22-11(12)14-6)9(19)13-5-2-16(10(5)20)3-7(17)18/h4-5H,2-3H2,1H3,(H2,12,14)(H,13,19)(H,17,18)/b15-8-. The van der Waals surface area contributed by atoms with Gasteiger partial charge in [0, 0.05) is 5.38 Å². The summed E-state index contributed by atoms with van der Waals surface area (Å²) in [6.45, 7) is -0.275. The number of β-lactam (4-membered cyclic amide) rings is 1. The number of thiazole rings is 1. The van der Waals surface area contributed by atoms with Crippen molar-refractivity contribution >= 4 is 40.0 Å². The van der Waals surface area contributed by atoms with E-state index in [1.807, 2.05) is 0 Å². The predicted octanol–water partition coefficient (Wildman–Crippen LogP) is -1.51. The molecule has 1 aliphatic rings. The summed E-state index contributed by atoms with van der Waals surface area (Å²) in [5.74, 6) is -2.23. The molecule has 1 aromatic heterocycles. The van der Waals surface area contributed by atoms with Gasteiger partial charge in [-0.15, -0.1) is 11.3 Å². The highest BCUT2D eigenvalue weighted by molar-refractivity contribution is 7.13. The molecule has 1 aromatic rings. The molecule has 1 fully saturated rings. The van der Waals surface area contributed by atoms with Crippen molar-refractivity contribution in [3.8, 4) is 0 Å². The summed E-state index contributed by atoms with van der Waals surface area (Å²) in [6.07, 6.45) is 0. The molecule has 118 valence electrons. The van der Waals surface area contributed by atoms with Gasteiger partial charge in [0.15, 0.2) is 10.8 Å². The molecule has 2 amide bonds. The Labute approximate surface area is 128 Å². The fourth-order valence-corrected chi connectivity index (χ4v) is 2.38. The summed E-state index contributed by atoms with van der Waals surface area (Å²) in [4.78, 5) is 44.0. The van der Waals surface area contributed by atoms with E-state index in [1.54, 1.807) is 0 Å². The van der Waals surface area contributed by atoms with Crippen LogP contribution in [0, 0.1) is 0 Å². The first-order chi connectivity index (χ1) is 10.4. The molecule has 0 saturated carbocycles. The topological polar surface area (TPSA) is 147 Å². The first-order valence-electron chi connectivity index (χ1n) is 6.06. The molecule has 2 rings (SSSR count). The van der Waals surface area contributed by atoms with Crippen molar-refractivity contribution < 1.29 is 24.3 Å². The number of carbonyl (C=O) groups excluding carboxylic acids is 2. The SMILES string of the molecule is CO/N=C(\C(=O)NC1CN(CC(=O)O)C1=O)c1csc(N)n1. The normalized spacial score (nSPS) is 17.9. The van der Waals surface area contributed by atoms with Gasteiger partial charge in [0.2, 0.25) is 5.91 Å². The molecule has 0 aromatic carbocycles. The number of carboxylic acids is 1. The average molecular weight is 327 g/mol. The second-order valence-corrected chi connectivity index (χ2v) is 5.22. The summed E-state index contributed by atoms with van der Waals surface area (Å²) in [6, 6.07) is -0.787. The molecule has 2 heterocycles. The number of rotatable bonds is 6. The Hall–Kier alpha value is -2.69. The Morgan fingerprint density at radius 1 is 1.68 bits per heavy atom. The molecular weight excluding hydrogens is 314 g/mol. The number of nitrogens with one attached hydrogen (secondary N) is 1. The molecule has 11 heteroatoms. The molecule has 1 saturated heterocycles. The molecule has 0 aliphatic carbocycles. The van der Waals surface area contributed by atoms with Gasteiger partial charge in [0.25, 0.3) is 5.91 Å². The number of nitrogen functional groups attached to an aromatic ring is 1. The van der Waals surface area contributed by atoms with Gasteiger partial charge in [0.1, 0.15) is 25.4 Å². The quantitative estimate of drug-likeness (QED) is 0.327. The lowest BCUT2D eigenvalue weighted by molar-refractivity contribution is -0.153. The zero-order valence-corrected chi connectivity index (χ0v) is 12.3. The number of amides is 2. The van der Waals surface area contributed by atoms with E-state index in [0.717, 1.165) is 16.2 Å². The van der Waals surface area contributed by atoms with Crippen LogP contribution in [-0.4, -0.2) is 64.7 Å². The Kier molecular flexibility index (Phi) is 4.56. The highest BCUT2D eigenvalue weighted by atomic mass is 32.1. The molecule has 22 heavy (non-hydrogen) atoms. The van der Waals surface area contributed by atoms with E-state index in [2.05, 4.69) is 20.3 Å². The van der Waals surface area contributed by atoms with Crippen molar-refractivity contribution in [2.75, 3.05) is 25.9 Å². The minimum absolute atomic E-state index is 0.111. The van der Waals surface area contributed by atoms with Crippen LogP contribution in [-0.2, 0) is 19.2 Å². The van der Waals surface area contributed by atoms with E-state index >= 15 is 0 Å². The van der Waals surface area contributed by atoms with E-state index in [0.29, 0.717) is 0 Å². The van der Waals surface area contributed by atoms with Crippen LogP contribution in [0.1, 0.15) is 5.69 Å². The second kappa shape index (κ2) is 6.39. The maximum Gasteiger partial charge on any atom is 0.323 e. The van der Waals surface area contributed by atoms with Crippen LogP contribution in [0.4, 0.5) is 5.13 Å². The van der Waals surface area contributed by atoms with E-state index in [-0.39, 0.29) is 23.1 Å². The first-order valence-corrected chi connectivity index (χ1v) is 6.94. The van der Waals surface area contributed by atoms with Crippen molar-refractivity contribution in [3.63, 3.8) is 0 Å². The van der Waals surface area contributed by atoms with Crippen LogP contribution in [0.3, 0.4) is 0 Å². The Morgan fingerprint density at radius 2 is 2.41 bits per heavy atom. The average Bonchev–Trinajstić information content (AvgIpc) is 2.88. The Bertz CT molecular complexity index is 643. The lowest BCUT2D eigenvalue weighted by Crippen LogP contribution is -2.65. The third kappa shape index (κ3) is 3.31. The summed E-state index contributed by atoms with van der Waals surface area (Å²) in [5, 5.41) is 16.4. The van der Waals surface area contributed by atoms with Gasteiger partial charge in [-0.2, -0.15) is 0 Å². The van der Waals surface area contributed by atoms with Crippen molar-refractivity contribution in [2.45, 2.75) is 6.04 Å². The maximum atomic E-state index is 12.1. The minimum Gasteiger partial charge on any atom is -0.480 e. The number of carboxylic acid groups (broad SMARTS) is 1. The molecule has 0 radical (unpaired) electrons. The molecule has 0 spiro atoms. The monoisotopic (exact) mass is 327 g/mol. The van der Waals surface area contributed by atoms with Gasteiger partial charge in [-0.3, -0.25) is 14.4 Å². The van der Waals surface area contributed by atoms with Gasteiger partial charge in [0.05, 0.1) is 6.54 Å². The number of likely N-dealkylation sites (tertiary alicyclic amines) is 1. The minimum atomic E-state index is -1.11. The van der Waals surface area contributed by atoms with Crippen LogP contribution in [0.25, 0.3) is 0 Å². The third-order valence-electron chi connectivity index (χ3n) is 2.81. The maximum absolute atomic E-state index is 12.1. The number of anilines is 1. The Morgan fingerprint density at radius 3 is 2.91 bits per heavy atom. The number of oxime groups is 1. The van der Waals surface area contributed by atoms with E-state index in [4.69, 9.17) is 10.8 Å². The lowest BCUT2D eigenvalue weighted by Gasteiger charge is -2.37. The fraction of sp³-hybridized carbons (Fsp3) is 0.364. The predicted molar refractivity (Wildman–Crippen MR) is 76.2 cm³/mol. The largest absolute Gasteiger partial charge is 0.480 e. The summed E-state index contributed by atoms with van der Waals surface area (Å²) in [5.41, 5.74) is 5.62. The van der Waals surface area contributed by atoms with Crippen molar-refractivity contribution in [2.24, 2.45) is 5.16 Å².